The van der Waals surface area contributed by atoms with Crippen molar-refractivity contribution in [2.24, 2.45) is 5.92 Å². The van der Waals surface area contributed by atoms with Gasteiger partial charge >= 0.3 is 0 Å². The van der Waals surface area contributed by atoms with Gasteiger partial charge < -0.3 is 14.8 Å². The molecule has 2 aliphatic rings. The molecule has 0 saturated carbocycles. The first kappa shape index (κ1) is 13.2. The van der Waals surface area contributed by atoms with Crippen LogP contribution in [0.5, 0.6) is 0 Å². The Morgan fingerprint density at radius 3 is 2.90 bits per heavy atom. The minimum absolute atomic E-state index is 0.0155. The second-order valence-electron chi connectivity index (χ2n) is 6.15. The quantitative estimate of drug-likeness (QED) is 0.908. The summed E-state index contributed by atoms with van der Waals surface area (Å²) in [5, 5.41) is 0. The third-order valence-electron chi connectivity index (χ3n) is 4.27. The van der Waals surface area contributed by atoms with Crippen LogP contribution in [-0.2, 0) is 4.79 Å². The van der Waals surface area contributed by atoms with E-state index < -0.39 is 0 Å². The number of aromatic nitrogens is 1. The Balaban J connectivity index is 1.76. The predicted octanol–water partition coefficient (Wildman–Crippen LogP) is 1.49. The van der Waals surface area contributed by atoms with Gasteiger partial charge in [-0.3, -0.25) is 9.59 Å². The fourth-order valence-corrected chi connectivity index (χ4v) is 3.43. The summed E-state index contributed by atoms with van der Waals surface area (Å²) in [5.41, 5.74) is 0.611. The van der Waals surface area contributed by atoms with Gasteiger partial charge in [-0.05, 0) is 24.5 Å². The predicted molar refractivity (Wildman–Crippen MR) is 75.2 cm³/mol. The Bertz CT molecular complexity index is 509. The lowest BCUT2D eigenvalue weighted by Gasteiger charge is -2.26. The molecule has 2 fully saturated rings. The van der Waals surface area contributed by atoms with Crippen molar-refractivity contribution in [3.05, 3.63) is 24.0 Å². The number of rotatable bonds is 3. The van der Waals surface area contributed by atoms with Gasteiger partial charge in [-0.15, -0.1) is 0 Å². The first-order chi connectivity index (χ1) is 9.58. The van der Waals surface area contributed by atoms with Crippen molar-refractivity contribution in [3.8, 4) is 0 Å². The molecule has 0 unspecified atom stereocenters. The van der Waals surface area contributed by atoms with E-state index in [0.717, 1.165) is 19.5 Å². The molecule has 1 N–H and O–H groups in total. The molecule has 5 heteroatoms. The van der Waals surface area contributed by atoms with E-state index in [1.54, 1.807) is 12.3 Å². The van der Waals surface area contributed by atoms with Gasteiger partial charge in [0.25, 0.3) is 5.91 Å². The molecule has 2 amide bonds. The fourth-order valence-electron chi connectivity index (χ4n) is 3.43. The van der Waals surface area contributed by atoms with E-state index in [1.165, 1.54) is 0 Å². The van der Waals surface area contributed by atoms with Crippen LogP contribution in [0, 0.1) is 5.92 Å². The highest BCUT2D eigenvalue weighted by Crippen LogP contribution is 2.33. The first-order valence-electron chi connectivity index (χ1n) is 7.31. The molecular weight excluding hydrogens is 254 g/mol. The van der Waals surface area contributed by atoms with Crippen LogP contribution < -0.4 is 0 Å². The molecule has 108 valence electrons. The number of amides is 2. The molecule has 2 saturated heterocycles. The van der Waals surface area contributed by atoms with Crippen molar-refractivity contribution in [2.45, 2.75) is 38.8 Å². The molecule has 3 heterocycles. The van der Waals surface area contributed by atoms with Crippen LogP contribution in [0.25, 0.3) is 0 Å². The third-order valence-corrected chi connectivity index (χ3v) is 4.27. The summed E-state index contributed by atoms with van der Waals surface area (Å²) < 4.78 is 0. The number of carbonyl (C=O) groups excluding carboxylic acids is 2. The Hall–Kier alpha value is -1.78. The third kappa shape index (κ3) is 2.11. The molecule has 2 aliphatic heterocycles. The second-order valence-corrected chi connectivity index (χ2v) is 6.15. The lowest BCUT2D eigenvalue weighted by molar-refractivity contribution is -0.129. The monoisotopic (exact) mass is 275 g/mol. The Labute approximate surface area is 118 Å². The summed E-state index contributed by atoms with van der Waals surface area (Å²) in [6, 6.07) is 3.88. The maximum Gasteiger partial charge on any atom is 0.270 e. The highest BCUT2D eigenvalue weighted by atomic mass is 16.2. The summed E-state index contributed by atoms with van der Waals surface area (Å²) in [5.74, 6) is 0.672. The topological polar surface area (TPSA) is 56.4 Å². The summed E-state index contributed by atoms with van der Waals surface area (Å²) in [7, 11) is 0. The standard InChI is InChI=1S/C15H21N3O2/c1-10(2)9-18-12-5-7-17(13(12)8-14(18)19)15(20)11-4-3-6-16-11/h3-4,6,10,12-13,16H,5,7-9H2,1-2H3/t12-,13+/m1/s1. The van der Waals surface area contributed by atoms with Gasteiger partial charge in [0.1, 0.15) is 5.69 Å². The number of H-pyrrole nitrogens is 1. The van der Waals surface area contributed by atoms with Gasteiger partial charge in [0.05, 0.1) is 12.1 Å². The van der Waals surface area contributed by atoms with Gasteiger partial charge in [-0.2, -0.15) is 0 Å². The molecule has 1 aromatic rings. The first-order valence-corrected chi connectivity index (χ1v) is 7.31. The number of likely N-dealkylation sites (tertiary alicyclic amines) is 2. The zero-order chi connectivity index (χ0) is 14.3. The second kappa shape index (κ2) is 4.96. The van der Waals surface area contributed by atoms with E-state index in [0.29, 0.717) is 18.0 Å². The van der Waals surface area contributed by atoms with Crippen LogP contribution in [0.3, 0.4) is 0 Å². The van der Waals surface area contributed by atoms with Gasteiger partial charge in [0, 0.05) is 25.7 Å². The maximum atomic E-state index is 12.5. The Morgan fingerprint density at radius 2 is 2.25 bits per heavy atom. The van der Waals surface area contributed by atoms with Gasteiger partial charge in [-0.1, -0.05) is 13.8 Å². The molecule has 2 atom stereocenters. The van der Waals surface area contributed by atoms with E-state index >= 15 is 0 Å². The van der Waals surface area contributed by atoms with E-state index in [-0.39, 0.29) is 23.9 Å². The molecule has 3 rings (SSSR count). The minimum atomic E-state index is 0.0155. The normalized spacial score (nSPS) is 25.6. The maximum absolute atomic E-state index is 12.5. The van der Waals surface area contributed by atoms with E-state index in [9.17, 15) is 9.59 Å². The van der Waals surface area contributed by atoms with Crippen LogP contribution in [-0.4, -0.2) is 51.8 Å². The van der Waals surface area contributed by atoms with Gasteiger partial charge in [0.15, 0.2) is 0 Å². The Morgan fingerprint density at radius 1 is 1.45 bits per heavy atom. The molecule has 0 bridgehead atoms. The number of aromatic amines is 1. The average molecular weight is 275 g/mol. The van der Waals surface area contributed by atoms with Crippen molar-refractivity contribution in [1.29, 1.82) is 0 Å². The lowest BCUT2D eigenvalue weighted by Crippen LogP contribution is -2.41. The Kier molecular flexibility index (Phi) is 3.28. The molecule has 5 nitrogen and oxygen atoms in total. The molecule has 0 spiro atoms. The van der Waals surface area contributed by atoms with Crippen LogP contribution in [0.1, 0.15) is 37.2 Å². The lowest BCUT2D eigenvalue weighted by atomic mass is 10.1. The largest absolute Gasteiger partial charge is 0.357 e. The number of nitrogens with one attached hydrogen (secondary N) is 1. The summed E-state index contributed by atoms with van der Waals surface area (Å²) in [6.45, 7) is 5.79. The fraction of sp³-hybridized carbons (Fsp3) is 0.600. The van der Waals surface area contributed by atoms with Crippen LogP contribution >= 0.6 is 0 Å². The van der Waals surface area contributed by atoms with E-state index in [4.69, 9.17) is 0 Å². The number of hydrogen-bond donors (Lipinski definition) is 1. The molecule has 20 heavy (non-hydrogen) atoms. The SMILES string of the molecule is CC(C)CN1C(=O)C[C@H]2[C@H]1CCN2C(=O)c1ccc[nH]1. The highest BCUT2D eigenvalue weighted by Gasteiger charge is 2.48. The molecular formula is C15H21N3O2. The van der Waals surface area contributed by atoms with Crippen molar-refractivity contribution in [2.75, 3.05) is 13.1 Å². The zero-order valence-electron chi connectivity index (χ0n) is 12.0. The van der Waals surface area contributed by atoms with Crippen molar-refractivity contribution < 1.29 is 9.59 Å². The molecule has 0 radical (unpaired) electrons. The summed E-state index contributed by atoms with van der Waals surface area (Å²) >= 11 is 0. The number of carbonyl (C=O) groups is 2. The minimum Gasteiger partial charge on any atom is -0.357 e. The van der Waals surface area contributed by atoms with Crippen molar-refractivity contribution in [1.82, 2.24) is 14.8 Å². The van der Waals surface area contributed by atoms with Crippen LogP contribution in [0.15, 0.2) is 18.3 Å². The van der Waals surface area contributed by atoms with E-state index in [2.05, 4.69) is 18.8 Å². The molecule has 0 aromatic carbocycles. The summed E-state index contributed by atoms with van der Waals surface area (Å²) in [6.07, 6.45) is 3.13. The van der Waals surface area contributed by atoms with Crippen molar-refractivity contribution in [3.63, 3.8) is 0 Å². The summed E-state index contributed by atoms with van der Waals surface area (Å²) in [4.78, 5) is 31.4. The van der Waals surface area contributed by atoms with Crippen molar-refractivity contribution >= 4 is 11.8 Å². The van der Waals surface area contributed by atoms with Crippen LogP contribution in [0.2, 0.25) is 0 Å². The highest BCUT2D eigenvalue weighted by molar-refractivity contribution is 5.94. The number of hydrogen-bond acceptors (Lipinski definition) is 2. The van der Waals surface area contributed by atoms with Gasteiger partial charge in [-0.25, -0.2) is 0 Å². The molecule has 1 aromatic heterocycles. The smallest absolute Gasteiger partial charge is 0.270 e. The average Bonchev–Trinajstić information content (AvgIpc) is 3.08. The van der Waals surface area contributed by atoms with Crippen LogP contribution in [0.4, 0.5) is 0 Å². The van der Waals surface area contributed by atoms with Gasteiger partial charge in [0.2, 0.25) is 5.91 Å². The zero-order valence-corrected chi connectivity index (χ0v) is 12.0. The number of nitrogens with zero attached hydrogens (tertiary/aromatic N) is 2. The molecule has 0 aliphatic carbocycles. The van der Waals surface area contributed by atoms with E-state index in [1.807, 2.05) is 15.9 Å². The number of fused-ring (bicyclic) bond motifs is 1.